The average Bonchev–Trinajstić information content (AvgIpc) is 2.82. The van der Waals surface area contributed by atoms with Gasteiger partial charge in [0.2, 0.25) is 0 Å². The van der Waals surface area contributed by atoms with Crippen LogP contribution in [0, 0.1) is 11.3 Å². The first-order valence-corrected chi connectivity index (χ1v) is 9.14. The van der Waals surface area contributed by atoms with Crippen molar-refractivity contribution in [1.82, 2.24) is 9.78 Å². The molecule has 0 radical (unpaired) electrons. The highest BCUT2D eigenvalue weighted by Crippen LogP contribution is 2.39. The van der Waals surface area contributed by atoms with Crippen molar-refractivity contribution in [2.24, 2.45) is 0 Å². The number of nitriles is 1. The fourth-order valence-corrected chi connectivity index (χ4v) is 3.56. The van der Waals surface area contributed by atoms with Crippen LogP contribution < -0.4 is 5.32 Å². The molecule has 0 spiro atoms. The molecule has 0 aliphatic rings. The molecule has 0 amide bonds. The number of aromatic nitrogens is 2. The summed E-state index contributed by atoms with van der Waals surface area (Å²) in [6.07, 6.45) is -3.15. The monoisotopic (exact) mass is 410 g/mol. The summed E-state index contributed by atoms with van der Waals surface area (Å²) in [6.45, 7) is 0. The van der Waals surface area contributed by atoms with Crippen molar-refractivity contribution in [3.05, 3.63) is 39.0 Å². The molecule has 0 aliphatic carbocycles. The van der Waals surface area contributed by atoms with Crippen molar-refractivity contribution in [1.29, 1.82) is 5.26 Å². The van der Waals surface area contributed by atoms with E-state index in [0.717, 1.165) is 16.8 Å². The number of alkyl halides is 3. The third-order valence-corrected chi connectivity index (χ3v) is 4.50. The van der Waals surface area contributed by atoms with Crippen LogP contribution in [0.4, 0.5) is 19.0 Å². The minimum absolute atomic E-state index is 0.00896. The number of hydrogen-bond acceptors (Lipinski definition) is 4. The van der Waals surface area contributed by atoms with Gasteiger partial charge in [-0.2, -0.15) is 23.5 Å². The predicted octanol–water partition coefficient (Wildman–Crippen LogP) is 3.99. The highest BCUT2D eigenvalue weighted by Gasteiger charge is 2.33. The van der Waals surface area contributed by atoms with Gasteiger partial charge in [0.05, 0.1) is 27.4 Å². The number of nitrogens with one attached hydrogen (secondary N) is 1. The second-order valence-corrected chi connectivity index (χ2v) is 7.20. The van der Waals surface area contributed by atoms with Crippen molar-refractivity contribution in [2.45, 2.75) is 11.9 Å². The summed E-state index contributed by atoms with van der Waals surface area (Å²) in [6, 6.07) is 3.33. The van der Waals surface area contributed by atoms with E-state index in [2.05, 4.69) is 10.4 Å². The van der Waals surface area contributed by atoms with Crippen molar-refractivity contribution >= 4 is 40.2 Å². The molecule has 2 rings (SSSR count). The molecular weight excluding hydrogens is 400 g/mol. The maximum atomic E-state index is 12.9. The molecule has 1 N–H and O–H groups in total. The van der Waals surface area contributed by atoms with Gasteiger partial charge < -0.3 is 9.87 Å². The largest absolute Gasteiger partial charge is 0.616 e. The van der Waals surface area contributed by atoms with E-state index in [4.69, 9.17) is 23.2 Å². The lowest BCUT2D eigenvalue weighted by Crippen LogP contribution is -2.09. The van der Waals surface area contributed by atoms with Gasteiger partial charge in [-0.3, -0.25) is 0 Å². The van der Waals surface area contributed by atoms with E-state index in [1.54, 1.807) is 0 Å². The van der Waals surface area contributed by atoms with Gasteiger partial charge in [0.1, 0.15) is 23.3 Å². The van der Waals surface area contributed by atoms with E-state index in [1.165, 1.54) is 13.3 Å². The lowest BCUT2D eigenvalue weighted by atomic mass is 10.2. The highest BCUT2D eigenvalue weighted by molar-refractivity contribution is 7.89. The van der Waals surface area contributed by atoms with Gasteiger partial charge in [-0.05, 0) is 12.1 Å². The second kappa shape index (κ2) is 7.33. The Hall–Kier alpha value is -1.60. The Kier molecular flexibility index (Phi) is 5.79. The molecule has 1 aromatic heterocycles. The lowest BCUT2D eigenvalue weighted by molar-refractivity contribution is -0.137. The van der Waals surface area contributed by atoms with Crippen molar-refractivity contribution in [3.8, 4) is 11.8 Å². The Bertz CT molecular complexity index is 823. The Morgan fingerprint density at radius 2 is 1.92 bits per heavy atom. The summed E-state index contributed by atoms with van der Waals surface area (Å²) >= 11 is 10.7. The highest BCUT2D eigenvalue weighted by atomic mass is 35.5. The molecule has 1 heterocycles. The Morgan fingerprint density at radius 3 is 2.32 bits per heavy atom. The number of halogens is 5. The molecule has 11 heteroatoms. The smallest absolute Gasteiger partial charge is 0.416 e. The van der Waals surface area contributed by atoms with E-state index in [1.807, 2.05) is 6.07 Å². The average molecular weight is 411 g/mol. The molecule has 1 atom stereocenters. The summed E-state index contributed by atoms with van der Waals surface area (Å²) in [4.78, 5) is 0. The first-order chi connectivity index (χ1) is 11.6. The number of anilines is 1. The van der Waals surface area contributed by atoms with Gasteiger partial charge in [-0.25, -0.2) is 4.68 Å². The first kappa shape index (κ1) is 19.7. The van der Waals surface area contributed by atoms with Crippen LogP contribution in [0.25, 0.3) is 5.69 Å². The number of benzene rings is 1. The summed E-state index contributed by atoms with van der Waals surface area (Å²) in [5, 5.41) is 15.5. The van der Waals surface area contributed by atoms with Gasteiger partial charge in [0.15, 0.2) is 5.69 Å². The zero-order chi connectivity index (χ0) is 18.9. The van der Waals surface area contributed by atoms with Crippen LogP contribution >= 0.6 is 23.2 Å². The van der Waals surface area contributed by atoms with Gasteiger partial charge in [-0.1, -0.05) is 34.4 Å². The molecule has 1 aromatic carbocycles. The quantitative estimate of drug-likeness (QED) is 0.772. The van der Waals surface area contributed by atoms with E-state index >= 15 is 0 Å². The zero-order valence-electron chi connectivity index (χ0n) is 12.9. The molecule has 1 unspecified atom stereocenters. The minimum Gasteiger partial charge on any atom is -0.616 e. The standard InChI is InChI=1S/C14H11Cl2F3N4OS/c1-21-13-8(6-25(2)24)11(5-20)22-23(13)12-9(15)3-7(4-10(12)16)14(17,18)19/h3-4,21H,6H2,1-2H3. The van der Waals surface area contributed by atoms with E-state index < -0.39 is 22.9 Å². The molecule has 25 heavy (non-hydrogen) atoms. The molecule has 0 bridgehead atoms. The summed E-state index contributed by atoms with van der Waals surface area (Å²) in [5.74, 6) is 0.310. The third-order valence-electron chi connectivity index (χ3n) is 3.23. The maximum Gasteiger partial charge on any atom is 0.416 e. The van der Waals surface area contributed by atoms with Gasteiger partial charge in [0.25, 0.3) is 0 Å². The van der Waals surface area contributed by atoms with E-state index in [9.17, 15) is 23.0 Å². The number of hydrogen-bond donors (Lipinski definition) is 1. The van der Waals surface area contributed by atoms with E-state index in [-0.39, 0.29) is 33.0 Å². The number of rotatable bonds is 4. The fourth-order valence-electron chi connectivity index (χ4n) is 2.23. The first-order valence-electron chi connectivity index (χ1n) is 6.66. The van der Waals surface area contributed by atoms with Gasteiger partial charge in [-0.15, -0.1) is 0 Å². The van der Waals surface area contributed by atoms with Gasteiger partial charge >= 0.3 is 6.18 Å². The predicted molar refractivity (Wildman–Crippen MR) is 90.6 cm³/mol. The fraction of sp³-hybridized carbons (Fsp3) is 0.286. The second-order valence-electron chi connectivity index (χ2n) is 4.95. The van der Waals surface area contributed by atoms with Crippen molar-refractivity contribution in [2.75, 3.05) is 18.6 Å². The van der Waals surface area contributed by atoms with Crippen molar-refractivity contribution in [3.63, 3.8) is 0 Å². The molecule has 134 valence electrons. The molecule has 5 nitrogen and oxygen atoms in total. The third kappa shape index (κ3) is 3.98. The van der Waals surface area contributed by atoms with Crippen LogP contribution in [-0.2, 0) is 23.1 Å². The molecule has 0 aliphatic heterocycles. The van der Waals surface area contributed by atoms with Crippen LogP contribution in [0.5, 0.6) is 0 Å². The Labute approximate surface area is 154 Å². The maximum absolute atomic E-state index is 12.9. The van der Waals surface area contributed by atoms with Crippen molar-refractivity contribution < 1.29 is 17.7 Å². The normalized spacial score (nSPS) is 12.8. The van der Waals surface area contributed by atoms with Crippen LogP contribution in [0.2, 0.25) is 10.0 Å². The SMILES string of the molecule is CNc1c(C[S+](C)[O-])c(C#N)nn1-c1c(Cl)cc(C(F)(F)F)cc1Cl. The molecule has 0 saturated heterocycles. The Morgan fingerprint density at radius 1 is 1.36 bits per heavy atom. The summed E-state index contributed by atoms with van der Waals surface area (Å²) in [5.41, 5.74) is -0.672. The minimum atomic E-state index is -4.61. The Balaban J connectivity index is 2.71. The molecule has 2 aromatic rings. The summed E-state index contributed by atoms with van der Waals surface area (Å²) in [7, 11) is 1.53. The van der Waals surface area contributed by atoms with Crippen LogP contribution in [-0.4, -0.2) is 27.6 Å². The van der Waals surface area contributed by atoms with Gasteiger partial charge in [0, 0.05) is 7.05 Å². The zero-order valence-corrected chi connectivity index (χ0v) is 15.2. The lowest BCUT2D eigenvalue weighted by Gasteiger charge is -2.14. The molecule has 0 saturated carbocycles. The van der Waals surface area contributed by atoms with Crippen LogP contribution in [0.1, 0.15) is 16.8 Å². The summed E-state index contributed by atoms with van der Waals surface area (Å²) < 4.78 is 51.3. The van der Waals surface area contributed by atoms with Crippen LogP contribution in [0.3, 0.4) is 0 Å². The molecule has 0 fully saturated rings. The topological polar surface area (TPSA) is 76.7 Å². The number of nitrogens with zero attached hydrogens (tertiary/aromatic N) is 3. The van der Waals surface area contributed by atoms with E-state index in [0.29, 0.717) is 5.56 Å². The molecular formula is C14H11Cl2F3N4OS. The van der Waals surface area contributed by atoms with Crippen LogP contribution in [0.15, 0.2) is 12.1 Å².